The van der Waals surface area contributed by atoms with Crippen LogP contribution in [-0.4, -0.2) is 36.7 Å². The first-order valence-corrected chi connectivity index (χ1v) is 5.63. The van der Waals surface area contributed by atoms with Crippen LogP contribution in [0.1, 0.15) is 6.92 Å². The molecule has 0 heterocycles. The largest absolute Gasteiger partial charge is 0.495 e. The minimum absolute atomic E-state index is 0.0642. The lowest BCUT2D eigenvalue weighted by Crippen LogP contribution is -2.28. The average Bonchev–Trinajstić information content (AvgIpc) is 2.37. The van der Waals surface area contributed by atoms with Crippen molar-refractivity contribution in [2.75, 3.05) is 25.6 Å². The lowest BCUT2D eigenvalue weighted by atomic mass is 10.1. The van der Waals surface area contributed by atoms with Crippen LogP contribution in [0.2, 0.25) is 0 Å². The Morgan fingerprint density at radius 3 is 2.68 bits per heavy atom. The van der Waals surface area contributed by atoms with Gasteiger partial charge in [0, 0.05) is 25.7 Å². The van der Waals surface area contributed by atoms with Gasteiger partial charge in [-0.05, 0) is 6.07 Å². The summed E-state index contributed by atoms with van der Waals surface area (Å²) < 4.78 is 5.13. The molecule has 1 N–H and O–H groups in total. The van der Waals surface area contributed by atoms with E-state index in [0.717, 1.165) is 0 Å². The highest BCUT2D eigenvalue weighted by Crippen LogP contribution is 2.31. The van der Waals surface area contributed by atoms with Crippen LogP contribution < -0.4 is 9.64 Å². The van der Waals surface area contributed by atoms with Crippen LogP contribution in [0.15, 0.2) is 18.2 Å². The van der Waals surface area contributed by atoms with Crippen LogP contribution in [0.5, 0.6) is 5.75 Å². The molecule has 0 fully saturated rings. The Balaban J connectivity index is 3.05. The Hall–Kier alpha value is -2.31. The maximum Gasteiger partial charge on any atom is 0.308 e. The molecular weight excluding hydrogens is 252 g/mol. The molecule has 0 bridgehead atoms. The highest BCUT2D eigenvalue weighted by atomic mass is 16.6. The van der Waals surface area contributed by atoms with Gasteiger partial charge in [0.15, 0.2) is 0 Å². The van der Waals surface area contributed by atoms with Gasteiger partial charge in [-0.1, -0.05) is 6.92 Å². The zero-order chi connectivity index (χ0) is 14.6. The van der Waals surface area contributed by atoms with Gasteiger partial charge in [-0.25, -0.2) is 0 Å². The van der Waals surface area contributed by atoms with Gasteiger partial charge >= 0.3 is 5.97 Å². The highest BCUT2D eigenvalue weighted by Gasteiger charge is 2.18. The Morgan fingerprint density at radius 1 is 1.58 bits per heavy atom. The molecule has 0 radical (unpaired) electrons. The number of ether oxygens (including phenoxy) is 1. The van der Waals surface area contributed by atoms with E-state index in [1.54, 1.807) is 18.9 Å². The molecule has 1 aromatic rings. The molecule has 0 aliphatic heterocycles. The number of hydrogen-bond donors (Lipinski definition) is 1. The number of nitro groups is 1. The maximum atomic E-state index is 10.8. The van der Waals surface area contributed by atoms with Crippen molar-refractivity contribution in [1.29, 1.82) is 0 Å². The Morgan fingerprint density at radius 2 is 2.21 bits per heavy atom. The number of carboxylic acids is 1. The summed E-state index contributed by atoms with van der Waals surface area (Å²) in [6.45, 7) is 1.80. The molecule has 7 nitrogen and oxygen atoms in total. The second-order valence-electron chi connectivity index (χ2n) is 4.23. The fourth-order valence-electron chi connectivity index (χ4n) is 1.68. The van der Waals surface area contributed by atoms with Crippen LogP contribution in [0.4, 0.5) is 11.4 Å². The summed E-state index contributed by atoms with van der Waals surface area (Å²) in [4.78, 5) is 22.7. The molecule has 1 unspecified atom stereocenters. The van der Waals surface area contributed by atoms with Crippen molar-refractivity contribution < 1.29 is 19.6 Å². The second-order valence-corrected chi connectivity index (χ2v) is 4.23. The smallest absolute Gasteiger partial charge is 0.308 e. The molecule has 0 aliphatic carbocycles. The Kier molecular flexibility index (Phi) is 4.68. The highest BCUT2D eigenvalue weighted by molar-refractivity contribution is 5.71. The number of rotatable bonds is 6. The number of non-ortho nitro benzene ring substituents is 1. The molecule has 1 aromatic carbocycles. The number of hydrogen-bond acceptors (Lipinski definition) is 5. The summed E-state index contributed by atoms with van der Waals surface area (Å²) in [5, 5.41) is 19.6. The van der Waals surface area contributed by atoms with Crippen molar-refractivity contribution in [3.63, 3.8) is 0 Å². The third-order valence-corrected chi connectivity index (χ3v) is 2.75. The van der Waals surface area contributed by atoms with Crippen molar-refractivity contribution in [1.82, 2.24) is 0 Å². The molecule has 104 valence electrons. The Labute approximate surface area is 110 Å². The summed E-state index contributed by atoms with van der Waals surface area (Å²) in [7, 11) is 3.13. The van der Waals surface area contributed by atoms with E-state index in [0.29, 0.717) is 11.4 Å². The van der Waals surface area contributed by atoms with Gasteiger partial charge in [-0.3, -0.25) is 14.9 Å². The molecular formula is C12H16N2O5. The summed E-state index contributed by atoms with van der Waals surface area (Å²) in [5.74, 6) is -1.05. The number of anilines is 1. The van der Waals surface area contributed by atoms with E-state index in [4.69, 9.17) is 9.84 Å². The lowest BCUT2D eigenvalue weighted by Gasteiger charge is -2.23. The lowest BCUT2D eigenvalue weighted by molar-refractivity contribution is -0.384. The monoisotopic (exact) mass is 268 g/mol. The van der Waals surface area contributed by atoms with Gasteiger partial charge in [-0.15, -0.1) is 0 Å². The Bertz CT molecular complexity index is 489. The predicted molar refractivity (Wildman–Crippen MR) is 69.7 cm³/mol. The normalized spacial score (nSPS) is 11.7. The van der Waals surface area contributed by atoms with E-state index in [9.17, 15) is 14.9 Å². The van der Waals surface area contributed by atoms with Crippen molar-refractivity contribution in [3.8, 4) is 5.75 Å². The third-order valence-electron chi connectivity index (χ3n) is 2.75. The van der Waals surface area contributed by atoms with E-state index >= 15 is 0 Å². The van der Waals surface area contributed by atoms with E-state index in [1.165, 1.54) is 25.3 Å². The van der Waals surface area contributed by atoms with E-state index in [-0.39, 0.29) is 12.2 Å². The van der Waals surface area contributed by atoms with Crippen molar-refractivity contribution in [3.05, 3.63) is 28.3 Å². The van der Waals surface area contributed by atoms with E-state index < -0.39 is 16.8 Å². The maximum absolute atomic E-state index is 10.8. The van der Waals surface area contributed by atoms with Crippen LogP contribution in [0.3, 0.4) is 0 Å². The first-order chi connectivity index (χ1) is 8.86. The quantitative estimate of drug-likeness (QED) is 0.624. The van der Waals surface area contributed by atoms with Gasteiger partial charge in [0.2, 0.25) is 0 Å². The fourth-order valence-corrected chi connectivity index (χ4v) is 1.68. The molecule has 7 heteroatoms. The van der Waals surface area contributed by atoms with Gasteiger partial charge in [0.1, 0.15) is 5.75 Å². The number of benzene rings is 1. The molecule has 19 heavy (non-hydrogen) atoms. The summed E-state index contributed by atoms with van der Waals surface area (Å²) in [6, 6.07) is 4.21. The van der Waals surface area contributed by atoms with Gasteiger partial charge in [-0.2, -0.15) is 0 Å². The van der Waals surface area contributed by atoms with E-state index in [1.807, 2.05) is 0 Å². The average molecular weight is 268 g/mol. The van der Waals surface area contributed by atoms with Crippen molar-refractivity contribution in [2.24, 2.45) is 5.92 Å². The summed E-state index contributed by atoms with van der Waals surface area (Å²) in [6.07, 6.45) is 0. The van der Waals surface area contributed by atoms with Crippen LogP contribution >= 0.6 is 0 Å². The topological polar surface area (TPSA) is 92.9 Å². The number of nitro benzene ring substituents is 1. The number of carboxylic acid groups (broad SMARTS) is 1. The zero-order valence-electron chi connectivity index (χ0n) is 11.0. The molecule has 0 aromatic heterocycles. The van der Waals surface area contributed by atoms with Crippen LogP contribution in [0, 0.1) is 16.0 Å². The molecule has 1 atom stereocenters. The third kappa shape index (κ3) is 3.57. The first kappa shape index (κ1) is 14.7. The number of carbonyl (C=O) groups is 1. The first-order valence-electron chi connectivity index (χ1n) is 5.63. The molecule has 0 saturated heterocycles. The summed E-state index contributed by atoms with van der Waals surface area (Å²) in [5.41, 5.74) is 0.426. The van der Waals surface area contributed by atoms with Crippen molar-refractivity contribution >= 4 is 17.3 Å². The minimum atomic E-state index is -0.920. The molecule has 0 saturated carbocycles. The standard InChI is InChI=1S/C12H16N2O5/c1-8(12(15)16)7-13(2)10-6-9(14(17)18)4-5-11(10)19-3/h4-6,8H,7H2,1-3H3,(H,15,16). The van der Waals surface area contributed by atoms with Crippen LogP contribution in [-0.2, 0) is 4.79 Å². The minimum Gasteiger partial charge on any atom is -0.495 e. The van der Waals surface area contributed by atoms with Crippen molar-refractivity contribution in [2.45, 2.75) is 6.92 Å². The molecule has 0 spiro atoms. The zero-order valence-corrected chi connectivity index (χ0v) is 11.0. The molecule has 1 rings (SSSR count). The number of aliphatic carboxylic acids is 1. The van der Waals surface area contributed by atoms with E-state index in [2.05, 4.69) is 0 Å². The fraction of sp³-hybridized carbons (Fsp3) is 0.417. The van der Waals surface area contributed by atoms with Gasteiger partial charge < -0.3 is 14.7 Å². The number of nitrogens with zero attached hydrogens (tertiary/aromatic N) is 2. The number of methoxy groups -OCH3 is 1. The molecule has 0 aliphatic rings. The molecule has 0 amide bonds. The van der Waals surface area contributed by atoms with Gasteiger partial charge in [0.25, 0.3) is 5.69 Å². The summed E-state index contributed by atoms with van der Waals surface area (Å²) >= 11 is 0. The SMILES string of the molecule is COc1ccc([N+](=O)[O-])cc1N(C)CC(C)C(=O)O. The predicted octanol–water partition coefficient (Wildman–Crippen LogP) is 1.76. The van der Waals surface area contributed by atoms with Crippen LogP contribution in [0.25, 0.3) is 0 Å². The van der Waals surface area contributed by atoms with Gasteiger partial charge in [0.05, 0.1) is 23.6 Å². The second kappa shape index (κ2) is 6.03.